The van der Waals surface area contributed by atoms with Gasteiger partial charge < -0.3 is 15.2 Å². The van der Waals surface area contributed by atoms with Crippen LogP contribution < -0.4 is 10.6 Å². The molecule has 6 heteroatoms. The molecule has 1 aliphatic carbocycles. The highest BCUT2D eigenvalue weighted by Crippen LogP contribution is 2.19. The third kappa shape index (κ3) is 4.36. The predicted molar refractivity (Wildman–Crippen MR) is 80.4 cm³/mol. The van der Waals surface area contributed by atoms with Crippen LogP contribution in [0.1, 0.15) is 37.9 Å². The summed E-state index contributed by atoms with van der Waals surface area (Å²) in [5.74, 6) is 1.70. The number of rotatable bonds is 5. The minimum atomic E-state index is 0.624. The van der Waals surface area contributed by atoms with Crippen LogP contribution in [0.25, 0.3) is 0 Å². The molecule has 1 heterocycles. The van der Waals surface area contributed by atoms with Crippen molar-refractivity contribution >= 4 is 5.96 Å². The minimum Gasteiger partial charge on any atom is -0.356 e. The monoisotopic (exact) mass is 276 g/mol. The molecule has 0 bridgehead atoms. The van der Waals surface area contributed by atoms with E-state index in [1.54, 1.807) is 18.9 Å². The van der Waals surface area contributed by atoms with Crippen molar-refractivity contribution in [2.75, 3.05) is 13.6 Å². The lowest BCUT2D eigenvalue weighted by atomic mass is 9.97. The van der Waals surface area contributed by atoms with Crippen molar-refractivity contribution in [1.29, 1.82) is 0 Å². The molecular weight excluding hydrogens is 252 g/mol. The van der Waals surface area contributed by atoms with Crippen molar-refractivity contribution in [1.82, 2.24) is 25.4 Å². The van der Waals surface area contributed by atoms with Gasteiger partial charge in [-0.1, -0.05) is 11.6 Å². The fraction of sp³-hybridized carbons (Fsp3) is 0.643. The average Bonchev–Trinajstić information content (AvgIpc) is 2.89. The van der Waals surface area contributed by atoms with E-state index >= 15 is 0 Å². The third-order valence-corrected chi connectivity index (χ3v) is 3.57. The maximum Gasteiger partial charge on any atom is 0.191 e. The average molecular weight is 276 g/mol. The zero-order chi connectivity index (χ0) is 14.2. The Bertz CT molecular complexity index is 474. The number of aromatic nitrogens is 3. The first-order valence-electron chi connectivity index (χ1n) is 7.25. The van der Waals surface area contributed by atoms with Gasteiger partial charge in [0.15, 0.2) is 11.8 Å². The maximum absolute atomic E-state index is 4.22. The summed E-state index contributed by atoms with van der Waals surface area (Å²) in [6.45, 7) is 1.54. The smallest absolute Gasteiger partial charge is 0.191 e. The number of guanidine groups is 1. The first-order valence-corrected chi connectivity index (χ1v) is 7.25. The molecule has 0 aliphatic heterocycles. The molecule has 2 N–H and O–H groups in total. The summed E-state index contributed by atoms with van der Waals surface area (Å²) in [4.78, 5) is 4.22. The van der Waals surface area contributed by atoms with Crippen LogP contribution in [0.4, 0.5) is 0 Å². The number of aliphatic imine (C=N–C) groups is 1. The van der Waals surface area contributed by atoms with E-state index in [-0.39, 0.29) is 0 Å². The Labute approximate surface area is 120 Å². The molecule has 2 rings (SSSR count). The zero-order valence-corrected chi connectivity index (χ0v) is 12.4. The van der Waals surface area contributed by atoms with Gasteiger partial charge in [-0.2, -0.15) is 0 Å². The molecule has 0 radical (unpaired) electrons. The molecule has 110 valence electrons. The van der Waals surface area contributed by atoms with Gasteiger partial charge in [0.05, 0.1) is 6.54 Å². The largest absolute Gasteiger partial charge is 0.356 e. The van der Waals surface area contributed by atoms with Gasteiger partial charge in [0, 0.05) is 20.6 Å². The lowest BCUT2D eigenvalue weighted by Crippen LogP contribution is -2.37. The van der Waals surface area contributed by atoms with Crippen molar-refractivity contribution < 1.29 is 0 Å². The molecule has 0 aromatic carbocycles. The summed E-state index contributed by atoms with van der Waals surface area (Å²) in [5.41, 5.74) is 1.58. The fourth-order valence-electron chi connectivity index (χ4n) is 2.32. The Morgan fingerprint density at radius 1 is 1.40 bits per heavy atom. The van der Waals surface area contributed by atoms with E-state index in [2.05, 4.69) is 31.9 Å². The van der Waals surface area contributed by atoms with Crippen LogP contribution in [-0.2, 0) is 13.6 Å². The van der Waals surface area contributed by atoms with Gasteiger partial charge in [-0.05, 0) is 32.1 Å². The molecule has 20 heavy (non-hydrogen) atoms. The molecule has 6 nitrogen and oxygen atoms in total. The summed E-state index contributed by atoms with van der Waals surface area (Å²) >= 11 is 0. The van der Waals surface area contributed by atoms with Crippen LogP contribution in [0.3, 0.4) is 0 Å². The van der Waals surface area contributed by atoms with Gasteiger partial charge in [0.1, 0.15) is 6.33 Å². The van der Waals surface area contributed by atoms with E-state index in [0.29, 0.717) is 6.54 Å². The molecule has 0 atom stereocenters. The Hall–Kier alpha value is -1.85. The van der Waals surface area contributed by atoms with Crippen LogP contribution in [-0.4, -0.2) is 34.3 Å². The first kappa shape index (κ1) is 14.6. The number of hydrogen-bond donors (Lipinski definition) is 2. The molecule has 1 aromatic heterocycles. The van der Waals surface area contributed by atoms with Crippen LogP contribution in [0.15, 0.2) is 23.0 Å². The number of allylic oxidation sites excluding steroid dienone is 1. The van der Waals surface area contributed by atoms with Crippen LogP contribution in [0.2, 0.25) is 0 Å². The molecular formula is C14H24N6. The highest BCUT2D eigenvalue weighted by Gasteiger charge is 2.05. The molecule has 0 unspecified atom stereocenters. The summed E-state index contributed by atoms with van der Waals surface area (Å²) in [6.07, 6.45) is 10.4. The number of aryl methyl sites for hydroxylation is 1. The van der Waals surface area contributed by atoms with E-state index in [1.807, 2.05) is 11.6 Å². The lowest BCUT2D eigenvalue weighted by Gasteiger charge is -2.15. The van der Waals surface area contributed by atoms with E-state index in [9.17, 15) is 0 Å². The standard InChI is InChI=1S/C14H24N6/c1-15-14(17-10-13-19-18-11-20(13)2)16-9-8-12-6-4-3-5-7-12/h6,11H,3-5,7-10H2,1-2H3,(H2,15,16,17). The number of nitrogens with zero attached hydrogens (tertiary/aromatic N) is 4. The molecule has 0 amide bonds. The lowest BCUT2D eigenvalue weighted by molar-refractivity contribution is 0.663. The molecule has 1 aliphatic rings. The summed E-state index contributed by atoms with van der Waals surface area (Å²) in [7, 11) is 3.72. The summed E-state index contributed by atoms with van der Waals surface area (Å²) in [5, 5.41) is 14.5. The minimum absolute atomic E-state index is 0.624. The van der Waals surface area contributed by atoms with Gasteiger partial charge in [-0.25, -0.2) is 0 Å². The van der Waals surface area contributed by atoms with Crippen molar-refractivity contribution in [3.63, 3.8) is 0 Å². The SMILES string of the molecule is CN=C(NCCC1=CCCCC1)NCc1nncn1C. The van der Waals surface area contributed by atoms with Crippen LogP contribution >= 0.6 is 0 Å². The van der Waals surface area contributed by atoms with Gasteiger partial charge in [0.2, 0.25) is 0 Å². The summed E-state index contributed by atoms with van der Waals surface area (Å²) < 4.78 is 1.90. The second-order valence-electron chi connectivity index (χ2n) is 5.07. The van der Waals surface area contributed by atoms with E-state index in [4.69, 9.17) is 0 Å². The predicted octanol–water partition coefficient (Wildman–Crippen LogP) is 1.37. The van der Waals surface area contributed by atoms with Crippen molar-refractivity contribution in [2.45, 2.75) is 38.6 Å². The van der Waals surface area contributed by atoms with Crippen molar-refractivity contribution in [2.24, 2.45) is 12.0 Å². The molecule has 0 spiro atoms. The molecule has 1 aromatic rings. The van der Waals surface area contributed by atoms with E-state index in [1.165, 1.54) is 25.7 Å². The maximum atomic E-state index is 4.22. The highest BCUT2D eigenvalue weighted by atomic mass is 15.3. The topological polar surface area (TPSA) is 67.1 Å². The highest BCUT2D eigenvalue weighted by molar-refractivity contribution is 5.79. The van der Waals surface area contributed by atoms with Crippen LogP contribution in [0, 0.1) is 0 Å². The first-order chi connectivity index (χ1) is 9.79. The zero-order valence-electron chi connectivity index (χ0n) is 12.4. The van der Waals surface area contributed by atoms with Gasteiger partial charge >= 0.3 is 0 Å². The van der Waals surface area contributed by atoms with E-state index in [0.717, 1.165) is 24.7 Å². The van der Waals surface area contributed by atoms with Crippen LogP contribution in [0.5, 0.6) is 0 Å². The molecule has 0 fully saturated rings. The Morgan fingerprint density at radius 3 is 2.95 bits per heavy atom. The Morgan fingerprint density at radius 2 is 2.30 bits per heavy atom. The Balaban J connectivity index is 1.70. The number of hydrogen-bond acceptors (Lipinski definition) is 3. The quantitative estimate of drug-likeness (QED) is 0.484. The second kappa shape index (κ2) is 7.67. The third-order valence-electron chi connectivity index (χ3n) is 3.57. The Kier molecular flexibility index (Phi) is 5.58. The van der Waals surface area contributed by atoms with Gasteiger partial charge in [0.25, 0.3) is 0 Å². The van der Waals surface area contributed by atoms with Crippen molar-refractivity contribution in [3.05, 3.63) is 23.8 Å². The van der Waals surface area contributed by atoms with Gasteiger partial charge in [-0.15, -0.1) is 10.2 Å². The molecule has 0 saturated carbocycles. The van der Waals surface area contributed by atoms with Crippen molar-refractivity contribution in [3.8, 4) is 0 Å². The number of nitrogens with one attached hydrogen (secondary N) is 2. The molecule has 0 saturated heterocycles. The normalized spacial score (nSPS) is 15.9. The van der Waals surface area contributed by atoms with E-state index < -0.39 is 0 Å². The summed E-state index contributed by atoms with van der Waals surface area (Å²) in [6, 6.07) is 0. The second-order valence-corrected chi connectivity index (χ2v) is 5.07. The fourth-order valence-corrected chi connectivity index (χ4v) is 2.32. The van der Waals surface area contributed by atoms with Gasteiger partial charge in [-0.3, -0.25) is 4.99 Å².